The zero-order chi connectivity index (χ0) is 19.0. The summed E-state index contributed by atoms with van der Waals surface area (Å²) in [5, 5.41) is 12.5. The maximum Gasteiger partial charge on any atom is 0.266 e. The fourth-order valence-electron chi connectivity index (χ4n) is 2.98. The largest absolute Gasteiger partial charge is 0.491 e. The average molecular weight is 377 g/mol. The average Bonchev–Trinajstić information content (AvgIpc) is 3.05. The monoisotopic (exact) mass is 377 g/mol. The Hall–Kier alpha value is -3.10. The van der Waals surface area contributed by atoms with Gasteiger partial charge in [0, 0.05) is 0 Å². The summed E-state index contributed by atoms with van der Waals surface area (Å²) in [4.78, 5) is 8.26. The zero-order valence-corrected chi connectivity index (χ0v) is 13.8. The highest BCUT2D eigenvalue weighted by molar-refractivity contribution is 5.51. The van der Waals surface area contributed by atoms with E-state index in [1.165, 1.54) is 30.6 Å². The van der Waals surface area contributed by atoms with Crippen molar-refractivity contribution in [2.45, 2.75) is 31.3 Å². The number of nitrogens with zero attached hydrogens (tertiary/aromatic N) is 3. The van der Waals surface area contributed by atoms with Crippen LogP contribution in [-0.2, 0) is 0 Å². The van der Waals surface area contributed by atoms with Gasteiger partial charge in [-0.05, 0) is 41.6 Å². The first-order chi connectivity index (χ1) is 13.0. The molecule has 1 aliphatic carbocycles. The van der Waals surface area contributed by atoms with Gasteiger partial charge >= 0.3 is 0 Å². The van der Waals surface area contributed by atoms with Crippen molar-refractivity contribution in [2.24, 2.45) is 0 Å². The predicted molar refractivity (Wildman–Crippen MR) is 86.9 cm³/mol. The van der Waals surface area contributed by atoms with Gasteiger partial charge in [0.25, 0.3) is 12.3 Å². The summed E-state index contributed by atoms with van der Waals surface area (Å²) in [6, 6.07) is 5.15. The van der Waals surface area contributed by atoms with E-state index < -0.39 is 17.8 Å². The SMILES string of the molecule is Oc1cc(-c2cnc(O[C@H]3C[C@@H](c4ccc(F)c(C(F)F)c4)C3)cn2)on1. The fourth-order valence-corrected chi connectivity index (χ4v) is 2.98. The molecular weight excluding hydrogens is 363 g/mol. The Labute approximate surface area is 151 Å². The van der Waals surface area contributed by atoms with E-state index in [0.717, 1.165) is 6.07 Å². The van der Waals surface area contributed by atoms with Crippen LogP contribution in [0.1, 0.15) is 36.3 Å². The topological polar surface area (TPSA) is 81.3 Å². The molecular formula is C18H14F3N3O3. The molecule has 140 valence electrons. The van der Waals surface area contributed by atoms with Gasteiger partial charge in [-0.2, -0.15) is 0 Å². The molecule has 1 aromatic carbocycles. The van der Waals surface area contributed by atoms with Gasteiger partial charge in [-0.1, -0.05) is 6.07 Å². The second-order valence-electron chi connectivity index (χ2n) is 6.28. The smallest absolute Gasteiger partial charge is 0.266 e. The maximum atomic E-state index is 13.4. The van der Waals surface area contributed by atoms with Gasteiger partial charge in [0.15, 0.2) is 5.76 Å². The Bertz CT molecular complexity index is 941. The minimum atomic E-state index is -2.84. The molecule has 2 aromatic heterocycles. The Morgan fingerprint density at radius 2 is 1.96 bits per heavy atom. The third kappa shape index (κ3) is 3.57. The Balaban J connectivity index is 1.36. The Kier molecular flexibility index (Phi) is 4.43. The quantitative estimate of drug-likeness (QED) is 0.716. The minimum Gasteiger partial charge on any atom is -0.491 e. The van der Waals surface area contributed by atoms with Crippen LogP contribution in [0, 0.1) is 5.82 Å². The molecule has 1 aliphatic rings. The first-order valence-electron chi connectivity index (χ1n) is 8.22. The molecule has 3 aromatic rings. The lowest BCUT2D eigenvalue weighted by molar-refractivity contribution is 0.0928. The van der Waals surface area contributed by atoms with Crippen molar-refractivity contribution < 1.29 is 27.5 Å². The van der Waals surface area contributed by atoms with Crippen LogP contribution in [0.2, 0.25) is 0 Å². The number of ether oxygens (including phenoxy) is 1. The van der Waals surface area contributed by atoms with E-state index >= 15 is 0 Å². The van der Waals surface area contributed by atoms with Gasteiger partial charge < -0.3 is 14.4 Å². The van der Waals surface area contributed by atoms with Crippen molar-refractivity contribution in [1.29, 1.82) is 0 Å². The molecule has 9 heteroatoms. The number of benzene rings is 1. The van der Waals surface area contributed by atoms with E-state index in [1.54, 1.807) is 0 Å². The van der Waals surface area contributed by atoms with Crippen molar-refractivity contribution in [3.8, 4) is 23.2 Å². The summed E-state index contributed by atoms with van der Waals surface area (Å²) in [6.07, 6.45) is 1.14. The number of alkyl halides is 2. The summed E-state index contributed by atoms with van der Waals surface area (Å²) in [7, 11) is 0. The number of hydrogen-bond acceptors (Lipinski definition) is 6. The van der Waals surface area contributed by atoms with E-state index in [4.69, 9.17) is 14.4 Å². The molecule has 0 aliphatic heterocycles. The molecule has 0 bridgehead atoms. The minimum absolute atomic E-state index is 0.0394. The molecule has 2 heterocycles. The maximum absolute atomic E-state index is 13.4. The van der Waals surface area contributed by atoms with Crippen molar-refractivity contribution >= 4 is 0 Å². The molecule has 0 saturated heterocycles. The van der Waals surface area contributed by atoms with Crippen molar-refractivity contribution in [3.05, 3.63) is 53.6 Å². The summed E-state index contributed by atoms with van der Waals surface area (Å²) in [5.74, 6) is -0.503. The van der Waals surface area contributed by atoms with Gasteiger partial charge in [-0.3, -0.25) is 0 Å². The van der Waals surface area contributed by atoms with E-state index in [9.17, 15) is 13.2 Å². The second-order valence-corrected chi connectivity index (χ2v) is 6.28. The van der Waals surface area contributed by atoms with Gasteiger partial charge in [0.05, 0.1) is 24.0 Å². The molecule has 0 unspecified atom stereocenters. The molecule has 4 rings (SSSR count). The standard InChI is InChI=1S/C18H14F3N3O3/c19-13-2-1-9(5-12(13)18(20)21)10-3-11(4-10)26-17-8-22-14(7-23-17)15-6-16(25)24-27-15/h1-2,5-8,10-11,18H,3-4H2,(H,24,25)/t10-,11+. The van der Waals surface area contributed by atoms with Crippen LogP contribution in [0.25, 0.3) is 11.5 Å². The molecule has 0 amide bonds. The highest BCUT2D eigenvalue weighted by atomic mass is 19.3. The molecule has 27 heavy (non-hydrogen) atoms. The van der Waals surface area contributed by atoms with Crippen molar-refractivity contribution in [2.75, 3.05) is 0 Å². The normalized spacial score (nSPS) is 19.1. The van der Waals surface area contributed by atoms with Crippen LogP contribution in [0.15, 0.2) is 41.2 Å². The summed E-state index contributed by atoms with van der Waals surface area (Å²) in [5.41, 5.74) is 0.502. The van der Waals surface area contributed by atoms with Crippen LogP contribution in [0.5, 0.6) is 11.8 Å². The van der Waals surface area contributed by atoms with Crippen LogP contribution < -0.4 is 4.74 Å². The number of halogens is 3. The van der Waals surface area contributed by atoms with Crippen molar-refractivity contribution in [1.82, 2.24) is 15.1 Å². The van der Waals surface area contributed by atoms with Gasteiger partial charge in [0.1, 0.15) is 17.6 Å². The van der Waals surface area contributed by atoms with Gasteiger partial charge in [-0.15, -0.1) is 0 Å². The Morgan fingerprint density at radius 3 is 2.59 bits per heavy atom. The van der Waals surface area contributed by atoms with Crippen LogP contribution in [-0.4, -0.2) is 26.3 Å². The van der Waals surface area contributed by atoms with Gasteiger partial charge in [0.2, 0.25) is 5.88 Å². The van der Waals surface area contributed by atoms with E-state index in [1.807, 2.05) is 0 Å². The lowest BCUT2D eigenvalue weighted by Gasteiger charge is -2.35. The summed E-state index contributed by atoms with van der Waals surface area (Å²) in [6.45, 7) is 0. The van der Waals surface area contributed by atoms with E-state index in [2.05, 4.69) is 15.1 Å². The molecule has 1 fully saturated rings. The molecule has 1 N–H and O–H groups in total. The van der Waals surface area contributed by atoms with Crippen LogP contribution in [0.4, 0.5) is 13.2 Å². The predicted octanol–water partition coefficient (Wildman–Crippen LogP) is 4.24. The third-order valence-electron chi connectivity index (χ3n) is 4.49. The molecule has 1 saturated carbocycles. The first-order valence-corrected chi connectivity index (χ1v) is 8.22. The van der Waals surface area contributed by atoms with E-state index in [0.29, 0.717) is 30.0 Å². The Morgan fingerprint density at radius 1 is 1.15 bits per heavy atom. The number of hydrogen-bond donors (Lipinski definition) is 1. The molecule has 0 spiro atoms. The van der Waals surface area contributed by atoms with Crippen LogP contribution >= 0.6 is 0 Å². The summed E-state index contributed by atoms with van der Waals surface area (Å²) >= 11 is 0. The zero-order valence-electron chi connectivity index (χ0n) is 13.8. The van der Waals surface area contributed by atoms with Crippen molar-refractivity contribution in [3.63, 3.8) is 0 Å². The van der Waals surface area contributed by atoms with Gasteiger partial charge in [-0.25, -0.2) is 23.1 Å². The highest BCUT2D eigenvalue weighted by Gasteiger charge is 2.33. The molecule has 0 radical (unpaired) electrons. The fraction of sp³-hybridized carbons (Fsp3) is 0.278. The molecule has 6 nitrogen and oxygen atoms in total. The number of aromatic nitrogens is 3. The summed E-state index contributed by atoms with van der Waals surface area (Å²) < 4.78 is 49.6. The molecule has 0 atom stereocenters. The number of aromatic hydroxyl groups is 1. The lowest BCUT2D eigenvalue weighted by atomic mass is 9.77. The number of rotatable bonds is 5. The first kappa shape index (κ1) is 17.3. The highest BCUT2D eigenvalue weighted by Crippen LogP contribution is 2.40. The second kappa shape index (κ2) is 6.90. The lowest BCUT2D eigenvalue weighted by Crippen LogP contribution is -2.32. The van der Waals surface area contributed by atoms with E-state index in [-0.39, 0.29) is 23.7 Å². The third-order valence-corrected chi connectivity index (χ3v) is 4.49. The van der Waals surface area contributed by atoms with Crippen LogP contribution in [0.3, 0.4) is 0 Å².